The lowest BCUT2D eigenvalue weighted by Gasteiger charge is -2.27. The molecule has 0 aromatic heterocycles. The minimum absolute atomic E-state index is 0.211. The summed E-state index contributed by atoms with van der Waals surface area (Å²) < 4.78 is 19.7. The second-order valence-corrected chi connectivity index (χ2v) is 8.45. The van der Waals surface area contributed by atoms with Crippen LogP contribution in [-0.4, -0.2) is 62.1 Å². The Labute approximate surface area is 191 Å². The van der Waals surface area contributed by atoms with E-state index in [0.717, 1.165) is 37.2 Å². The second kappa shape index (κ2) is 9.19. The van der Waals surface area contributed by atoms with E-state index >= 15 is 0 Å². The molecule has 3 N–H and O–H groups in total. The predicted octanol–water partition coefficient (Wildman–Crippen LogP) is 2.61. The standard InChI is InChI=1S/C24H26FN5O3/c25-18-11-17(23(32)30-7-9-33-10-8-30)12-19(14-18)28-21-4-3-16(13-20(21)15-1-2-15)22(31)29-24-26-5-6-27-24/h3-4,11-15,28H,1-2,5-10H2,(H2,26,27,29,31). The van der Waals surface area contributed by atoms with Crippen molar-refractivity contribution in [3.63, 3.8) is 0 Å². The monoisotopic (exact) mass is 451 g/mol. The smallest absolute Gasteiger partial charge is 0.280 e. The van der Waals surface area contributed by atoms with Gasteiger partial charge in [0, 0.05) is 48.7 Å². The van der Waals surface area contributed by atoms with Gasteiger partial charge in [-0.3, -0.25) is 9.59 Å². The van der Waals surface area contributed by atoms with Crippen LogP contribution >= 0.6 is 0 Å². The van der Waals surface area contributed by atoms with Crippen molar-refractivity contribution in [1.29, 1.82) is 0 Å². The number of morpholine rings is 1. The summed E-state index contributed by atoms with van der Waals surface area (Å²) in [6.07, 6.45) is 2.07. The van der Waals surface area contributed by atoms with Gasteiger partial charge in [-0.25, -0.2) is 4.39 Å². The topological polar surface area (TPSA) is 95.1 Å². The lowest BCUT2D eigenvalue weighted by molar-refractivity contribution is 0.0302. The summed E-state index contributed by atoms with van der Waals surface area (Å²) in [5.41, 5.74) is 3.10. The largest absolute Gasteiger partial charge is 0.378 e. The first-order chi connectivity index (χ1) is 16.1. The maximum absolute atomic E-state index is 14.4. The molecule has 1 saturated carbocycles. The number of guanidine groups is 1. The van der Waals surface area contributed by atoms with Crippen LogP contribution in [0.4, 0.5) is 15.8 Å². The highest BCUT2D eigenvalue weighted by molar-refractivity contribution is 6.03. The molecule has 172 valence electrons. The van der Waals surface area contributed by atoms with Gasteiger partial charge >= 0.3 is 0 Å². The van der Waals surface area contributed by atoms with Crippen LogP contribution in [0, 0.1) is 5.82 Å². The van der Waals surface area contributed by atoms with Crippen LogP contribution in [0.2, 0.25) is 0 Å². The van der Waals surface area contributed by atoms with Crippen LogP contribution in [0.5, 0.6) is 0 Å². The Kier molecular flexibility index (Phi) is 5.95. The normalized spacial score (nSPS) is 17.8. The van der Waals surface area contributed by atoms with Crippen molar-refractivity contribution < 1.29 is 18.7 Å². The summed E-state index contributed by atoms with van der Waals surface area (Å²) >= 11 is 0. The van der Waals surface area contributed by atoms with Crippen molar-refractivity contribution in [2.75, 3.05) is 44.7 Å². The number of nitrogens with one attached hydrogen (secondary N) is 3. The minimum atomic E-state index is -0.483. The van der Waals surface area contributed by atoms with Gasteiger partial charge in [-0.2, -0.15) is 4.99 Å². The zero-order valence-corrected chi connectivity index (χ0v) is 18.2. The van der Waals surface area contributed by atoms with Gasteiger partial charge in [0.15, 0.2) is 5.96 Å². The highest BCUT2D eigenvalue weighted by Crippen LogP contribution is 2.44. The molecule has 5 rings (SSSR count). The number of rotatable bonds is 5. The Morgan fingerprint density at radius 3 is 2.52 bits per heavy atom. The van der Waals surface area contributed by atoms with Gasteiger partial charge in [0.25, 0.3) is 11.8 Å². The fourth-order valence-corrected chi connectivity index (χ4v) is 4.10. The third-order valence-corrected chi connectivity index (χ3v) is 5.96. The van der Waals surface area contributed by atoms with E-state index in [4.69, 9.17) is 4.74 Å². The van der Waals surface area contributed by atoms with Crippen molar-refractivity contribution >= 4 is 29.1 Å². The Balaban J connectivity index is 1.38. The van der Waals surface area contributed by atoms with Gasteiger partial charge in [0.05, 0.1) is 13.2 Å². The van der Waals surface area contributed by atoms with E-state index in [0.29, 0.717) is 55.0 Å². The number of hydrogen-bond acceptors (Lipinski definition) is 4. The average Bonchev–Trinajstić information content (AvgIpc) is 3.55. The maximum Gasteiger partial charge on any atom is 0.280 e. The molecular weight excluding hydrogens is 425 g/mol. The molecule has 9 heteroatoms. The van der Waals surface area contributed by atoms with Gasteiger partial charge in [-0.1, -0.05) is 0 Å². The number of hydrogen-bond donors (Lipinski definition) is 3. The summed E-state index contributed by atoms with van der Waals surface area (Å²) in [6.45, 7) is 3.44. The van der Waals surface area contributed by atoms with Crippen molar-refractivity contribution in [2.24, 2.45) is 4.99 Å². The van der Waals surface area contributed by atoms with Gasteiger partial charge < -0.3 is 25.6 Å². The summed E-state index contributed by atoms with van der Waals surface area (Å²) in [4.78, 5) is 31.2. The fraction of sp³-hybridized carbons (Fsp3) is 0.375. The molecule has 2 heterocycles. The van der Waals surface area contributed by atoms with E-state index < -0.39 is 5.82 Å². The average molecular weight is 452 g/mol. The number of anilines is 2. The molecule has 33 heavy (non-hydrogen) atoms. The van der Waals surface area contributed by atoms with Gasteiger partial charge in [-0.15, -0.1) is 0 Å². The number of carbonyl (C=O) groups is 2. The highest BCUT2D eigenvalue weighted by Gasteiger charge is 2.27. The number of benzene rings is 2. The second-order valence-electron chi connectivity index (χ2n) is 8.45. The van der Waals surface area contributed by atoms with E-state index in [1.54, 1.807) is 17.0 Å². The lowest BCUT2D eigenvalue weighted by atomic mass is 10.0. The molecule has 0 spiro atoms. The Morgan fingerprint density at radius 2 is 1.79 bits per heavy atom. The van der Waals surface area contributed by atoms with Crippen LogP contribution in [0.1, 0.15) is 45.0 Å². The molecule has 2 aromatic carbocycles. The highest BCUT2D eigenvalue weighted by atomic mass is 19.1. The summed E-state index contributed by atoms with van der Waals surface area (Å²) in [7, 11) is 0. The summed E-state index contributed by atoms with van der Waals surface area (Å²) in [6, 6.07) is 9.70. The molecular formula is C24H26FN5O3. The van der Waals surface area contributed by atoms with Crippen molar-refractivity contribution in [2.45, 2.75) is 18.8 Å². The van der Waals surface area contributed by atoms with E-state index in [1.165, 1.54) is 12.1 Å². The third-order valence-electron chi connectivity index (χ3n) is 5.96. The lowest BCUT2D eigenvalue weighted by Crippen LogP contribution is -2.40. The SMILES string of the molecule is O=C(N=C1NCCN1)c1ccc(Nc2cc(F)cc(C(=O)N3CCOCC3)c2)c(C2CC2)c1. The first-order valence-corrected chi connectivity index (χ1v) is 11.3. The number of ether oxygens (including phenoxy) is 1. The summed E-state index contributed by atoms with van der Waals surface area (Å²) in [5.74, 6) is -0.170. The molecule has 0 atom stereocenters. The number of amides is 2. The molecule has 3 aliphatic rings. The first kappa shape index (κ1) is 21.4. The third kappa shape index (κ3) is 4.98. The van der Waals surface area contributed by atoms with E-state index in [2.05, 4.69) is 20.9 Å². The maximum atomic E-state index is 14.4. The van der Waals surface area contributed by atoms with Crippen molar-refractivity contribution in [1.82, 2.24) is 15.5 Å². The van der Waals surface area contributed by atoms with E-state index in [-0.39, 0.29) is 11.8 Å². The number of halogens is 1. The van der Waals surface area contributed by atoms with Crippen molar-refractivity contribution in [3.05, 3.63) is 58.9 Å². The number of aliphatic imine (C=N–C) groups is 1. The minimum Gasteiger partial charge on any atom is -0.378 e. The molecule has 0 radical (unpaired) electrons. The Hall–Kier alpha value is -3.46. The Bertz CT molecular complexity index is 1100. The van der Waals surface area contributed by atoms with Crippen LogP contribution in [0.25, 0.3) is 0 Å². The molecule has 2 aromatic rings. The first-order valence-electron chi connectivity index (χ1n) is 11.3. The fourth-order valence-electron chi connectivity index (χ4n) is 4.10. The number of carbonyl (C=O) groups excluding carboxylic acids is 2. The van der Waals surface area contributed by atoms with Gasteiger partial charge in [-0.05, 0) is 60.7 Å². The quantitative estimate of drug-likeness (QED) is 0.647. The zero-order valence-electron chi connectivity index (χ0n) is 18.2. The van der Waals surface area contributed by atoms with Crippen LogP contribution < -0.4 is 16.0 Å². The summed E-state index contributed by atoms with van der Waals surface area (Å²) in [5, 5.41) is 9.32. The molecule has 1 aliphatic carbocycles. The predicted molar refractivity (Wildman–Crippen MR) is 123 cm³/mol. The zero-order chi connectivity index (χ0) is 22.8. The molecule has 0 unspecified atom stereocenters. The molecule has 0 bridgehead atoms. The van der Waals surface area contributed by atoms with E-state index in [1.807, 2.05) is 12.1 Å². The molecule has 2 amide bonds. The number of nitrogens with zero attached hydrogens (tertiary/aromatic N) is 2. The van der Waals surface area contributed by atoms with Crippen LogP contribution in [-0.2, 0) is 4.74 Å². The molecule has 8 nitrogen and oxygen atoms in total. The van der Waals surface area contributed by atoms with E-state index in [9.17, 15) is 14.0 Å². The molecule has 2 aliphatic heterocycles. The molecule has 3 fully saturated rings. The van der Waals surface area contributed by atoms with Gasteiger partial charge in [0.2, 0.25) is 0 Å². The van der Waals surface area contributed by atoms with Crippen LogP contribution in [0.3, 0.4) is 0 Å². The van der Waals surface area contributed by atoms with Crippen molar-refractivity contribution in [3.8, 4) is 0 Å². The van der Waals surface area contributed by atoms with Crippen LogP contribution in [0.15, 0.2) is 41.4 Å². The molecule has 2 saturated heterocycles. The van der Waals surface area contributed by atoms with Gasteiger partial charge in [0.1, 0.15) is 5.82 Å². The Morgan fingerprint density at radius 1 is 1.03 bits per heavy atom.